The lowest BCUT2D eigenvalue weighted by Gasteiger charge is -2.24. The van der Waals surface area contributed by atoms with Crippen molar-refractivity contribution >= 4 is 5.97 Å². The molecule has 0 aliphatic heterocycles. The molecule has 2 fully saturated rings. The summed E-state index contributed by atoms with van der Waals surface area (Å²) in [5, 5.41) is 9.43. The van der Waals surface area contributed by atoms with Crippen LogP contribution in [-0.2, 0) is 11.2 Å². The van der Waals surface area contributed by atoms with E-state index in [0.29, 0.717) is 24.3 Å². The normalized spacial score (nSPS) is 29.6. The van der Waals surface area contributed by atoms with Crippen LogP contribution in [0.2, 0.25) is 0 Å². The first-order valence-corrected chi connectivity index (χ1v) is 7.59. The Bertz CT molecular complexity index is 500. The van der Waals surface area contributed by atoms with Gasteiger partial charge in [-0.25, -0.2) is 4.39 Å². The van der Waals surface area contributed by atoms with E-state index in [-0.39, 0.29) is 5.82 Å². The number of benzene rings is 1. The zero-order chi connectivity index (χ0) is 14.1. The second-order valence-electron chi connectivity index (χ2n) is 6.50. The van der Waals surface area contributed by atoms with Crippen LogP contribution in [0.15, 0.2) is 24.3 Å². The Kier molecular flexibility index (Phi) is 3.77. The maximum Gasteiger partial charge on any atom is 0.306 e. The number of hydrogen-bond donors (Lipinski definition) is 1. The summed E-state index contributed by atoms with van der Waals surface area (Å²) in [5.41, 5.74) is 0.531. The third-order valence-corrected chi connectivity index (χ3v) is 5.25. The highest BCUT2D eigenvalue weighted by molar-refractivity contribution is 5.70. The largest absolute Gasteiger partial charge is 0.481 e. The van der Waals surface area contributed by atoms with Crippen molar-refractivity contribution in [3.05, 3.63) is 35.6 Å². The van der Waals surface area contributed by atoms with E-state index in [0.717, 1.165) is 11.8 Å². The molecule has 0 spiro atoms. The van der Waals surface area contributed by atoms with E-state index in [2.05, 4.69) is 0 Å². The Morgan fingerprint density at radius 1 is 1.30 bits per heavy atom. The van der Waals surface area contributed by atoms with Gasteiger partial charge in [0.1, 0.15) is 5.82 Å². The van der Waals surface area contributed by atoms with Crippen LogP contribution >= 0.6 is 0 Å². The Morgan fingerprint density at radius 3 is 2.70 bits per heavy atom. The second-order valence-corrected chi connectivity index (χ2v) is 6.50. The average molecular weight is 276 g/mol. The average Bonchev–Trinajstić information content (AvgIpc) is 3.02. The van der Waals surface area contributed by atoms with Crippen LogP contribution in [0.1, 0.15) is 37.7 Å². The highest BCUT2D eigenvalue weighted by Crippen LogP contribution is 2.50. The van der Waals surface area contributed by atoms with E-state index < -0.39 is 11.9 Å². The van der Waals surface area contributed by atoms with Crippen molar-refractivity contribution in [1.29, 1.82) is 0 Å². The molecule has 0 saturated heterocycles. The molecule has 1 aromatic rings. The molecule has 108 valence electrons. The Balaban J connectivity index is 1.67. The van der Waals surface area contributed by atoms with Crippen LogP contribution in [0.3, 0.4) is 0 Å². The monoisotopic (exact) mass is 276 g/mol. The molecular formula is C17H21FO2. The Morgan fingerprint density at radius 2 is 2.10 bits per heavy atom. The Hall–Kier alpha value is -1.38. The first kappa shape index (κ1) is 13.6. The van der Waals surface area contributed by atoms with Gasteiger partial charge in [0.05, 0.1) is 5.92 Å². The van der Waals surface area contributed by atoms with Crippen molar-refractivity contribution in [2.75, 3.05) is 0 Å². The van der Waals surface area contributed by atoms with Gasteiger partial charge in [-0.05, 0) is 61.5 Å². The van der Waals surface area contributed by atoms with Crippen molar-refractivity contribution in [3.63, 3.8) is 0 Å². The van der Waals surface area contributed by atoms with Crippen LogP contribution < -0.4 is 0 Å². The molecule has 0 amide bonds. The van der Waals surface area contributed by atoms with Crippen LogP contribution in [0, 0.1) is 29.5 Å². The maximum atomic E-state index is 13.7. The number of carbonyl (C=O) groups is 1. The molecular weight excluding hydrogens is 255 g/mol. The maximum absolute atomic E-state index is 13.7. The summed E-state index contributed by atoms with van der Waals surface area (Å²) in [6.07, 6.45) is 6.09. The third-order valence-electron chi connectivity index (χ3n) is 5.25. The van der Waals surface area contributed by atoms with Gasteiger partial charge in [-0.3, -0.25) is 4.79 Å². The van der Waals surface area contributed by atoms with Crippen molar-refractivity contribution in [2.45, 2.75) is 38.5 Å². The molecule has 4 unspecified atom stereocenters. The van der Waals surface area contributed by atoms with E-state index in [1.54, 1.807) is 18.2 Å². The number of fused-ring (bicyclic) bond motifs is 2. The first-order chi connectivity index (χ1) is 9.63. The van der Waals surface area contributed by atoms with E-state index in [9.17, 15) is 14.3 Å². The summed E-state index contributed by atoms with van der Waals surface area (Å²) in [5.74, 6) is 0.580. The zero-order valence-corrected chi connectivity index (χ0v) is 11.6. The topological polar surface area (TPSA) is 37.3 Å². The molecule has 2 aliphatic rings. The summed E-state index contributed by atoms with van der Waals surface area (Å²) in [7, 11) is 0. The quantitative estimate of drug-likeness (QED) is 0.885. The van der Waals surface area contributed by atoms with E-state index >= 15 is 0 Å². The minimum Gasteiger partial charge on any atom is -0.481 e. The fourth-order valence-electron chi connectivity index (χ4n) is 4.23. The van der Waals surface area contributed by atoms with Crippen LogP contribution in [0.5, 0.6) is 0 Å². The van der Waals surface area contributed by atoms with Crippen LogP contribution in [0.4, 0.5) is 4.39 Å². The molecule has 0 radical (unpaired) electrons. The van der Waals surface area contributed by atoms with Crippen molar-refractivity contribution < 1.29 is 14.3 Å². The summed E-state index contributed by atoms with van der Waals surface area (Å²) >= 11 is 0. The van der Waals surface area contributed by atoms with E-state index in [4.69, 9.17) is 0 Å². The summed E-state index contributed by atoms with van der Waals surface area (Å²) in [6, 6.07) is 6.53. The first-order valence-electron chi connectivity index (χ1n) is 7.59. The molecule has 0 aromatic heterocycles. The second kappa shape index (κ2) is 5.55. The number of carboxylic acids is 1. The fourth-order valence-corrected chi connectivity index (χ4v) is 4.23. The molecule has 2 bridgehead atoms. The number of rotatable bonds is 5. The number of carboxylic acid groups (broad SMARTS) is 1. The highest BCUT2D eigenvalue weighted by atomic mass is 19.1. The van der Waals surface area contributed by atoms with Gasteiger partial charge in [0.15, 0.2) is 0 Å². The molecule has 1 N–H and O–H groups in total. The predicted octanol–water partition coefficient (Wildman–Crippen LogP) is 3.90. The molecule has 4 atom stereocenters. The van der Waals surface area contributed by atoms with Gasteiger partial charge in [-0.15, -0.1) is 0 Å². The zero-order valence-electron chi connectivity index (χ0n) is 11.6. The van der Waals surface area contributed by atoms with E-state index in [1.807, 2.05) is 0 Å². The predicted molar refractivity (Wildman–Crippen MR) is 74.8 cm³/mol. The summed E-state index contributed by atoms with van der Waals surface area (Å²) in [6.45, 7) is 0. The number of aliphatic carboxylic acids is 1. The standard InChI is InChI=1S/C17H21FO2/c18-16-4-2-1-3-13(16)9-15(17(19)20)10-14-8-11-5-6-12(14)7-11/h1-4,11-12,14-15H,5-10H2,(H,19,20). The van der Waals surface area contributed by atoms with Gasteiger partial charge in [-0.2, -0.15) is 0 Å². The van der Waals surface area contributed by atoms with Gasteiger partial charge < -0.3 is 5.11 Å². The van der Waals surface area contributed by atoms with Crippen molar-refractivity contribution in [2.24, 2.45) is 23.7 Å². The van der Waals surface area contributed by atoms with Gasteiger partial charge >= 0.3 is 5.97 Å². The molecule has 0 heterocycles. The van der Waals surface area contributed by atoms with E-state index in [1.165, 1.54) is 31.7 Å². The third kappa shape index (κ3) is 2.72. The lowest BCUT2D eigenvalue weighted by atomic mass is 9.80. The van der Waals surface area contributed by atoms with Gasteiger partial charge in [0.2, 0.25) is 0 Å². The van der Waals surface area contributed by atoms with Gasteiger partial charge in [0.25, 0.3) is 0 Å². The fraction of sp³-hybridized carbons (Fsp3) is 0.588. The minimum absolute atomic E-state index is 0.285. The molecule has 3 heteroatoms. The lowest BCUT2D eigenvalue weighted by molar-refractivity contribution is -0.142. The summed E-state index contributed by atoms with van der Waals surface area (Å²) in [4.78, 5) is 11.5. The molecule has 2 saturated carbocycles. The molecule has 2 aliphatic carbocycles. The minimum atomic E-state index is -0.781. The number of hydrogen-bond acceptors (Lipinski definition) is 1. The van der Waals surface area contributed by atoms with Crippen molar-refractivity contribution in [1.82, 2.24) is 0 Å². The lowest BCUT2D eigenvalue weighted by Crippen LogP contribution is -2.23. The van der Waals surface area contributed by atoms with Gasteiger partial charge in [-0.1, -0.05) is 24.6 Å². The number of halogens is 1. The molecule has 20 heavy (non-hydrogen) atoms. The smallest absolute Gasteiger partial charge is 0.306 e. The Labute approximate surface area is 119 Å². The molecule has 3 rings (SSSR count). The molecule has 2 nitrogen and oxygen atoms in total. The summed E-state index contributed by atoms with van der Waals surface area (Å²) < 4.78 is 13.7. The SMILES string of the molecule is O=C(O)C(Cc1ccccc1F)CC1CC2CCC1C2. The molecule has 1 aromatic carbocycles. The van der Waals surface area contributed by atoms with Crippen LogP contribution in [0.25, 0.3) is 0 Å². The van der Waals surface area contributed by atoms with Gasteiger partial charge in [0, 0.05) is 0 Å². The van der Waals surface area contributed by atoms with Crippen molar-refractivity contribution in [3.8, 4) is 0 Å². The highest BCUT2D eigenvalue weighted by Gasteiger charge is 2.41. The van der Waals surface area contributed by atoms with Crippen LogP contribution in [-0.4, -0.2) is 11.1 Å².